The van der Waals surface area contributed by atoms with E-state index in [1.807, 2.05) is 13.8 Å². The summed E-state index contributed by atoms with van der Waals surface area (Å²) >= 11 is 0. The fourth-order valence-electron chi connectivity index (χ4n) is 2.44. The zero-order chi connectivity index (χ0) is 15.1. The van der Waals surface area contributed by atoms with Crippen LogP contribution in [-0.4, -0.2) is 42.5 Å². The fourth-order valence-corrected chi connectivity index (χ4v) is 3.43. The number of nitrogens with two attached hydrogens (primary N) is 1. The number of aromatic nitrogens is 2. The van der Waals surface area contributed by atoms with Gasteiger partial charge in [-0.2, -0.15) is 5.10 Å². The van der Waals surface area contributed by atoms with E-state index in [1.165, 1.54) is 0 Å². The van der Waals surface area contributed by atoms with Gasteiger partial charge >= 0.3 is 0 Å². The lowest BCUT2D eigenvalue weighted by Crippen LogP contribution is -2.30. The summed E-state index contributed by atoms with van der Waals surface area (Å²) in [6, 6.07) is 0. The number of aromatic amines is 1. The van der Waals surface area contributed by atoms with E-state index in [1.54, 1.807) is 4.90 Å². The van der Waals surface area contributed by atoms with Crippen molar-refractivity contribution in [3.63, 3.8) is 0 Å². The normalized spacial score (nSPS) is 19.9. The average molecular weight is 300 g/mol. The van der Waals surface area contributed by atoms with Crippen LogP contribution in [-0.2, 0) is 10.0 Å². The molecule has 0 aliphatic carbocycles. The molecule has 8 heteroatoms. The van der Waals surface area contributed by atoms with Crippen LogP contribution in [0.5, 0.6) is 0 Å². The third kappa shape index (κ3) is 2.71. The van der Waals surface area contributed by atoms with Gasteiger partial charge in [-0.05, 0) is 18.3 Å². The smallest absolute Gasteiger partial charge is 0.275 e. The van der Waals surface area contributed by atoms with Crippen molar-refractivity contribution in [1.82, 2.24) is 15.1 Å². The van der Waals surface area contributed by atoms with Gasteiger partial charge in [-0.3, -0.25) is 9.89 Å². The van der Waals surface area contributed by atoms with Gasteiger partial charge in [0.05, 0.1) is 5.69 Å². The number of hydrogen-bond donors (Lipinski definition) is 2. The molecule has 1 fully saturated rings. The zero-order valence-corrected chi connectivity index (χ0v) is 12.7. The number of amides is 1. The molecule has 1 aromatic heterocycles. The molecule has 0 saturated carbocycles. The van der Waals surface area contributed by atoms with Crippen LogP contribution in [0.4, 0.5) is 0 Å². The van der Waals surface area contributed by atoms with Crippen LogP contribution in [0, 0.1) is 5.92 Å². The Morgan fingerprint density at radius 3 is 2.60 bits per heavy atom. The minimum absolute atomic E-state index is 0.0923. The lowest BCUT2D eigenvalue weighted by Gasteiger charge is -2.15. The number of hydrogen-bond acceptors (Lipinski definition) is 4. The van der Waals surface area contributed by atoms with E-state index in [0.29, 0.717) is 24.7 Å². The molecule has 1 aliphatic rings. The summed E-state index contributed by atoms with van der Waals surface area (Å²) in [5.41, 5.74) is 0.286. The van der Waals surface area contributed by atoms with Gasteiger partial charge in [0.2, 0.25) is 10.0 Å². The van der Waals surface area contributed by atoms with Gasteiger partial charge in [0.25, 0.3) is 5.91 Å². The molecule has 1 unspecified atom stereocenters. The molecule has 0 spiro atoms. The van der Waals surface area contributed by atoms with Crippen molar-refractivity contribution in [1.29, 1.82) is 0 Å². The molecule has 2 rings (SSSR count). The lowest BCUT2D eigenvalue weighted by atomic mass is 10.1. The van der Waals surface area contributed by atoms with Crippen molar-refractivity contribution in [2.24, 2.45) is 11.1 Å². The highest BCUT2D eigenvalue weighted by atomic mass is 32.2. The predicted molar refractivity (Wildman–Crippen MR) is 73.7 cm³/mol. The molecule has 0 bridgehead atoms. The molecule has 20 heavy (non-hydrogen) atoms. The Morgan fingerprint density at radius 1 is 1.50 bits per heavy atom. The molecule has 7 nitrogen and oxygen atoms in total. The first-order chi connectivity index (χ1) is 9.21. The van der Waals surface area contributed by atoms with Crippen molar-refractivity contribution in [3.8, 4) is 0 Å². The van der Waals surface area contributed by atoms with Gasteiger partial charge in [-0.25, -0.2) is 13.6 Å². The Hall–Kier alpha value is -1.41. The van der Waals surface area contributed by atoms with Crippen LogP contribution in [0.2, 0.25) is 0 Å². The van der Waals surface area contributed by atoms with Crippen LogP contribution < -0.4 is 5.14 Å². The van der Waals surface area contributed by atoms with Crippen LogP contribution in [0.15, 0.2) is 4.90 Å². The maximum Gasteiger partial charge on any atom is 0.275 e. The Balaban J connectivity index is 2.45. The molecule has 112 valence electrons. The monoisotopic (exact) mass is 300 g/mol. The Bertz CT molecular complexity index is 621. The number of nitrogens with one attached hydrogen (secondary N) is 1. The van der Waals surface area contributed by atoms with E-state index in [9.17, 15) is 13.2 Å². The highest BCUT2D eigenvalue weighted by Gasteiger charge is 2.33. The number of likely N-dealkylation sites (tertiary alicyclic amines) is 1. The average Bonchev–Trinajstić information content (AvgIpc) is 2.92. The first-order valence-electron chi connectivity index (χ1n) is 6.62. The number of carbonyl (C=O) groups excluding carboxylic acids is 1. The maximum atomic E-state index is 12.4. The molecule has 2 heterocycles. The molecular weight excluding hydrogens is 280 g/mol. The van der Waals surface area contributed by atoms with E-state index >= 15 is 0 Å². The molecule has 1 aromatic rings. The molecule has 1 aliphatic heterocycles. The van der Waals surface area contributed by atoms with Gasteiger partial charge in [-0.1, -0.05) is 20.8 Å². The highest BCUT2D eigenvalue weighted by molar-refractivity contribution is 7.89. The highest BCUT2D eigenvalue weighted by Crippen LogP contribution is 2.26. The number of sulfonamides is 1. The first-order valence-corrected chi connectivity index (χ1v) is 8.16. The quantitative estimate of drug-likeness (QED) is 0.854. The second-order valence-electron chi connectivity index (χ2n) is 5.66. The van der Waals surface area contributed by atoms with Crippen LogP contribution in [0.3, 0.4) is 0 Å². The molecule has 1 atom stereocenters. The van der Waals surface area contributed by atoms with E-state index in [-0.39, 0.29) is 22.4 Å². The maximum absolute atomic E-state index is 12.4. The summed E-state index contributed by atoms with van der Waals surface area (Å²) in [6.45, 7) is 6.92. The molecule has 1 saturated heterocycles. The Morgan fingerprint density at radius 2 is 2.15 bits per heavy atom. The van der Waals surface area contributed by atoms with Crippen molar-refractivity contribution in [2.75, 3.05) is 13.1 Å². The van der Waals surface area contributed by atoms with Gasteiger partial charge in [0, 0.05) is 13.1 Å². The summed E-state index contributed by atoms with van der Waals surface area (Å²) in [4.78, 5) is 13.9. The Labute approximate surface area is 118 Å². The number of nitrogens with zero attached hydrogens (tertiary/aromatic N) is 2. The van der Waals surface area contributed by atoms with Crippen molar-refractivity contribution < 1.29 is 13.2 Å². The van der Waals surface area contributed by atoms with E-state index in [0.717, 1.165) is 6.42 Å². The summed E-state index contributed by atoms with van der Waals surface area (Å²) in [5.74, 6) is -0.0724. The number of rotatable bonds is 3. The van der Waals surface area contributed by atoms with Crippen molar-refractivity contribution >= 4 is 15.9 Å². The number of primary sulfonamides is 1. The molecule has 3 N–H and O–H groups in total. The zero-order valence-electron chi connectivity index (χ0n) is 11.9. The van der Waals surface area contributed by atoms with E-state index < -0.39 is 10.0 Å². The third-order valence-corrected chi connectivity index (χ3v) is 4.51. The molecular formula is C12H20N4O3S. The van der Waals surface area contributed by atoms with Gasteiger partial charge in [0.1, 0.15) is 4.90 Å². The topological polar surface area (TPSA) is 109 Å². The van der Waals surface area contributed by atoms with E-state index in [4.69, 9.17) is 5.14 Å². The fraction of sp³-hybridized carbons (Fsp3) is 0.667. The molecule has 0 radical (unpaired) electrons. The van der Waals surface area contributed by atoms with Crippen molar-refractivity contribution in [3.05, 3.63) is 11.4 Å². The van der Waals surface area contributed by atoms with E-state index in [2.05, 4.69) is 17.1 Å². The summed E-state index contributed by atoms with van der Waals surface area (Å²) in [7, 11) is -4.00. The molecule has 0 aromatic carbocycles. The van der Waals surface area contributed by atoms with Gasteiger partial charge in [0.15, 0.2) is 5.69 Å². The minimum atomic E-state index is -4.00. The standard InChI is InChI=1S/C12H20N4O3S/c1-7(2)9-11(20(13,18)19)10(15-14-9)12(17)16-5-4-8(3)6-16/h7-8H,4-6H2,1-3H3,(H,14,15)(H2,13,18,19). The number of H-pyrrole nitrogens is 1. The number of carbonyl (C=O) groups is 1. The Kier molecular flexibility index (Phi) is 3.88. The van der Waals surface area contributed by atoms with Gasteiger partial charge < -0.3 is 4.90 Å². The third-order valence-electron chi connectivity index (χ3n) is 3.52. The van der Waals surface area contributed by atoms with Crippen LogP contribution in [0.1, 0.15) is 49.3 Å². The first kappa shape index (κ1) is 15.0. The minimum Gasteiger partial charge on any atom is -0.337 e. The molecule has 1 amide bonds. The van der Waals surface area contributed by atoms with Crippen LogP contribution >= 0.6 is 0 Å². The summed E-state index contributed by atoms with van der Waals surface area (Å²) in [6.07, 6.45) is 0.915. The van der Waals surface area contributed by atoms with Crippen LogP contribution in [0.25, 0.3) is 0 Å². The van der Waals surface area contributed by atoms with Crippen molar-refractivity contribution in [2.45, 2.75) is 38.0 Å². The lowest BCUT2D eigenvalue weighted by molar-refractivity contribution is 0.0778. The summed E-state index contributed by atoms with van der Waals surface area (Å²) in [5, 5.41) is 11.8. The second-order valence-corrected chi connectivity index (χ2v) is 7.16. The largest absolute Gasteiger partial charge is 0.337 e. The van der Waals surface area contributed by atoms with Gasteiger partial charge in [-0.15, -0.1) is 0 Å². The summed E-state index contributed by atoms with van der Waals surface area (Å²) < 4.78 is 23.5. The second kappa shape index (κ2) is 5.17. The predicted octanol–water partition coefficient (Wildman–Crippen LogP) is 0.662. The SMILES string of the molecule is CC1CCN(C(=O)c2n[nH]c(C(C)C)c2S(N)(=O)=O)C1.